The van der Waals surface area contributed by atoms with E-state index in [0.29, 0.717) is 29.4 Å². The molecule has 9 nitrogen and oxygen atoms in total. The highest BCUT2D eigenvalue weighted by Crippen LogP contribution is 2.30. The third-order valence-electron chi connectivity index (χ3n) is 5.46. The van der Waals surface area contributed by atoms with Crippen molar-refractivity contribution in [3.8, 4) is 5.75 Å². The fraction of sp³-hybridized carbons (Fsp3) is 0.318. The third kappa shape index (κ3) is 5.15. The van der Waals surface area contributed by atoms with Gasteiger partial charge in [0.25, 0.3) is 0 Å². The highest BCUT2D eigenvalue weighted by atomic mass is 32.2. The van der Waals surface area contributed by atoms with Gasteiger partial charge < -0.3 is 15.4 Å². The molecule has 0 atom stereocenters. The van der Waals surface area contributed by atoms with E-state index in [-0.39, 0.29) is 35.7 Å². The fourth-order valence-corrected chi connectivity index (χ4v) is 6.10. The Hall–Kier alpha value is -3.02. The van der Waals surface area contributed by atoms with Gasteiger partial charge in [0.05, 0.1) is 22.2 Å². The van der Waals surface area contributed by atoms with E-state index in [2.05, 4.69) is 15.6 Å². The number of carbonyl (C=O) groups excluding carboxylic acids is 2. The fourth-order valence-electron chi connectivity index (χ4n) is 3.72. The first kappa shape index (κ1) is 23.1. The quantitative estimate of drug-likeness (QED) is 0.550. The van der Waals surface area contributed by atoms with Crippen LogP contribution >= 0.6 is 11.3 Å². The van der Waals surface area contributed by atoms with E-state index in [9.17, 15) is 18.0 Å². The Kier molecular flexibility index (Phi) is 6.63. The molecule has 0 radical (unpaired) electrons. The van der Waals surface area contributed by atoms with Crippen LogP contribution in [0.15, 0.2) is 47.4 Å². The van der Waals surface area contributed by atoms with Gasteiger partial charge in [0.1, 0.15) is 5.75 Å². The summed E-state index contributed by atoms with van der Waals surface area (Å²) >= 11 is 1.33. The average molecular weight is 489 g/mol. The lowest BCUT2D eigenvalue weighted by molar-refractivity contribution is -0.121. The number of thiazole rings is 1. The Morgan fingerprint density at radius 2 is 1.79 bits per heavy atom. The largest absolute Gasteiger partial charge is 0.497 e. The number of piperidine rings is 1. The number of rotatable bonds is 6. The van der Waals surface area contributed by atoms with Crippen molar-refractivity contribution in [2.75, 3.05) is 30.8 Å². The van der Waals surface area contributed by atoms with Crippen molar-refractivity contribution in [1.82, 2.24) is 9.29 Å². The highest BCUT2D eigenvalue weighted by Gasteiger charge is 2.32. The maximum Gasteiger partial charge on any atom is 0.243 e. The van der Waals surface area contributed by atoms with Crippen LogP contribution in [-0.4, -0.2) is 49.7 Å². The van der Waals surface area contributed by atoms with Crippen molar-refractivity contribution in [3.05, 3.63) is 42.5 Å². The van der Waals surface area contributed by atoms with Crippen molar-refractivity contribution in [1.29, 1.82) is 0 Å². The summed E-state index contributed by atoms with van der Waals surface area (Å²) < 4.78 is 33.1. The van der Waals surface area contributed by atoms with Crippen LogP contribution in [-0.2, 0) is 19.6 Å². The molecule has 1 aliphatic heterocycles. The summed E-state index contributed by atoms with van der Waals surface area (Å²) in [5, 5.41) is 6.06. The smallest absolute Gasteiger partial charge is 0.243 e. The maximum absolute atomic E-state index is 12.9. The minimum Gasteiger partial charge on any atom is -0.497 e. The van der Waals surface area contributed by atoms with Crippen LogP contribution < -0.4 is 15.4 Å². The van der Waals surface area contributed by atoms with Crippen LogP contribution in [0.25, 0.3) is 10.2 Å². The molecule has 3 aromatic rings. The molecule has 2 aromatic carbocycles. The van der Waals surface area contributed by atoms with Crippen LogP contribution in [0.4, 0.5) is 10.8 Å². The van der Waals surface area contributed by atoms with E-state index in [4.69, 9.17) is 4.74 Å². The normalized spacial score (nSPS) is 15.3. The Labute approximate surface area is 195 Å². The number of aromatic nitrogens is 1. The lowest BCUT2D eigenvalue weighted by Gasteiger charge is -2.30. The summed E-state index contributed by atoms with van der Waals surface area (Å²) in [7, 11) is -2.09. The number of hydrogen-bond acceptors (Lipinski definition) is 7. The summed E-state index contributed by atoms with van der Waals surface area (Å²) in [5.41, 5.74) is 1.40. The van der Waals surface area contributed by atoms with Gasteiger partial charge in [0.15, 0.2) is 5.13 Å². The molecule has 2 amide bonds. The molecule has 33 heavy (non-hydrogen) atoms. The van der Waals surface area contributed by atoms with Crippen molar-refractivity contribution in [2.45, 2.75) is 24.7 Å². The molecule has 2 heterocycles. The first-order valence-corrected chi connectivity index (χ1v) is 12.6. The molecule has 2 N–H and O–H groups in total. The molecule has 0 saturated carbocycles. The van der Waals surface area contributed by atoms with Gasteiger partial charge in [0, 0.05) is 31.6 Å². The van der Waals surface area contributed by atoms with Crippen LogP contribution in [0.3, 0.4) is 0 Å². The Morgan fingerprint density at radius 1 is 1.09 bits per heavy atom. The zero-order valence-corrected chi connectivity index (χ0v) is 19.8. The molecule has 0 spiro atoms. The standard InChI is InChI=1S/C22H24N4O5S2/c1-14(27)23-16-3-8-19-20(13-16)32-22(24-19)25-21(28)15-9-11-26(12-10-15)33(29,30)18-6-4-17(31-2)5-7-18/h3-8,13,15H,9-12H2,1-2H3,(H,23,27)(H,24,25,28). The van der Waals surface area contributed by atoms with E-state index < -0.39 is 10.0 Å². The Bertz CT molecular complexity index is 1280. The van der Waals surface area contributed by atoms with Gasteiger partial charge in [-0.1, -0.05) is 11.3 Å². The predicted octanol–water partition coefficient (Wildman–Crippen LogP) is 3.30. The number of hydrogen-bond donors (Lipinski definition) is 2. The van der Waals surface area contributed by atoms with Gasteiger partial charge in [-0.15, -0.1) is 0 Å². The van der Waals surface area contributed by atoms with Gasteiger partial charge in [-0.05, 0) is 55.3 Å². The molecule has 4 rings (SSSR count). The van der Waals surface area contributed by atoms with Crippen LogP contribution in [0, 0.1) is 5.92 Å². The number of methoxy groups -OCH3 is 1. The highest BCUT2D eigenvalue weighted by molar-refractivity contribution is 7.89. The molecule has 0 bridgehead atoms. The SMILES string of the molecule is COc1ccc(S(=O)(=O)N2CCC(C(=O)Nc3nc4ccc(NC(C)=O)cc4s3)CC2)cc1. The zero-order valence-electron chi connectivity index (χ0n) is 18.2. The lowest BCUT2D eigenvalue weighted by atomic mass is 9.97. The molecule has 1 aromatic heterocycles. The summed E-state index contributed by atoms with van der Waals surface area (Å²) in [4.78, 5) is 28.7. The van der Waals surface area contributed by atoms with Crippen molar-refractivity contribution < 1.29 is 22.7 Å². The predicted molar refractivity (Wildman–Crippen MR) is 127 cm³/mol. The number of nitrogens with zero attached hydrogens (tertiary/aromatic N) is 2. The Balaban J connectivity index is 1.37. The number of nitrogens with one attached hydrogen (secondary N) is 2. The van der Waals surface area contributed by atoms with Gasteiger partial charge in [-0.25, -0.2) is 13.4 Å². The summed E-state index contributed by atoms with van der Waals surface area (Å²) in [6, 6.07) is 11.6. The maximum atomic E-state index is 12.9. The number of anilines is 2. The van der Waals surface area contributed by atoms with E-state index >= 15 is 0 Å². The second-order valence-corrected chi connectivity index (χ2v) is 10.7. The van der Waals surface area contributed by atoms with Crippen molar-refractivity contribution >= 4 is 54.2 Å². The number of ether oxygens (including phenoxy) is 1. The molecule has 174 valence electrons. The summed E-state index contributed by atoms with van der Waals surface area (Å²) in [5.74, 6) is -0.0369. The number of sulfonamides is 1. The molecule has 1 aliphatic rings. The molecule has 11 heteroatoms. The average Bonchev–Trinajstić information content (AvgIpc) is 3.20. The molecular formula is C22H24N4O5S2. The van der Waals surface area contributed by atoms with E-state index in [1.165, 1.54) is 41.8 Å². The van der Waals surface area contributed by atoms with Gasteiger partial charge >= 0.3 is 0 Å². The minimum absolute atomic E-state index is 0.160. The van der Waals surface area contributed by atoms with Crippen LogP contribution in [0.2, 0.25) is 0 Å². The first-order valence-electron chi connectivity index (χ1n) is 10.4. The van der Waals surface area contributed by atoms with Crippen molar-refractivity contribution in [2.24, 2.45) is 5.92 Å². The molecule has 0 aliphatic carbocycles. The second kappa shape index (κ2) is 9.46. The van der Waals surface area contributed by atoms with Crippen molar-refractivity contribution in [3.63, 3.8) is 0 Å². The van der Waals surface area contributed by atoms with Crippen LogP contribution in [0.1, 0.15) is 19.8 Å². The number of benzene rings is 2. The van der Waals surface area contributed by atoms with Gasteiger partial charge in [0.2, 0.25) is 21.8 Å². The Morgan fingerprint density at radius 3 is 2.42 bits per heavy atom. The third-order valence-corrected chi connectivity index (χ3v) is 8.31. The minimum atomic E-state index is -3.62. The monoisotopic (exact) mass is 488 g/mol. The topological polar surface area (TPSA) is 118 Å². The summed E-state index contributed by atoms with van der Waals surface area (Å²) in [6.07, 6.45) is 0.859. The second-order valence-electron chi connectivity index (χ2n) is 7.73. The first-order chi connectivity index (χ1) is 15.8. The molecular weight excluding hydrogens is 464 g/mol. The van der Waals surface area contributed by atoms with Gasteiger partial charge in [-0.3, -0.25) is 9.59 Å². The molecule has 1 fully saturated rings. The lowest BCUT2D eigenvalue weighted by Crippen LogP contribution is -2.41. The van der Waals surface area contributed by atoms with Crippen LogP contribution in [0.5, 0.6) is 5.75 Å². The summed E-state index contributed by atoms with van der Waals surface area (Å²) in [6.45, 7) is 1.98. The zero-order chi connectivity index (χ0) is 23.6. The number of amides is 2. The van der Waals surface area contributed by atoms with E-state index in [0.717, 1.165) is 10.2 Å². The van der Waals surface area contributed by atoms with Gasteiger partial charge in [-0.2, -0.15) is 4.31 Å². The number of fused-ring (bicyclic) bond motifs is 1. The molecule has 1 saturated heterocycles. The molecule has 0 unspecified atom stereocenters. The van der Waals surface area contributed by atoms with E-state index in [1.54, 1.807) is 24.3 Å². The number of carbonyl (C=O) groups is 2. The van der Waals surface area contributed by atoms with E-state index in [1.807, 2.05) is 6.07 Å².